The van der Waals surface area contributed by atoms with Gasteiger partial charge in [-0.2, -0.15) is 0 Å². The average Bonchev–Trinajstić information content (AvgIpc) is 2.55. The average molecular weight is 328 g/mol. The van der Waals surface area contributed by atoms with Crippen molar-refractivity contribution < 1.29 is 22.7 Å². The summed E-state index contributed by atoms with van der Waals surface area (Å²) in [5.74, 6) is 0.516. The Balaban J connectivity index is 1.85. The number of carbonyl (C=O) groups is 1. The van der Waals surface area contributed by atoms with Gasteiger partial charge < -0.3 is 14.4 Å². The Morgan fingerprint density at radius 2 is 1.91 bits per heavy atom. The molecule has 0 radical (unpaired) electrons. The molecule has 1 aliphatic rings. The molecule has 0 atom stereocenters. The molecule has 0 aliphatic carbocycles. The van der Waals surface area contributed by atoms with Gasteiger partial charge in [0.05, 0.1) is 25.2 Å². The van der Waals surface area contributed by atoms with Crippen LogP contribution in [0.1, 0.15) is 6.42 Å². The molecule has 1 aromatic rings. The molecule has 1 fully saturated rings. The maximum atomic E-state index is 12.1. The van der Waals surface area contributed by atoms with E-state index in [0.29, 0.717) is 32.1 Å². The van der Waals surface area contributed by atoms with Crippen LogP contribution in [0.4, 0.5) is 0 Å². The lowest BCUT2D eigenvalue weighted by Crippen LogP contribution is -2.42. The Bertz CT molecular complexity index is 594. The molecule has 1 saturated heterocycles. The van der Waals surface area contributed by atoms with Crippen molar-refractivity contribution in [2.45, 2.75) is 11.3 Å². The number of hydrogen-bond donors (Lipinski definition) is 1. The lowest BCUT2D eigenvalue weighted by Gasteiger charge is -2.26. The minimum Gasteiger partial charge on any atom is -0.497 e. The van der Waals surface area contributed by atoms with Gasteiger partial charge in [0.2, 0.25) is 15.9 Å². The van der Waals surface area contributed by atoms with E-state index in [9.17, 15) is 13.2 Å². The first-order chi connectivity index (χ1) is 10.5. The Kier molecular flexibility index (Phi) is 5.76. The van der Waals surface area contributed by atoms with Crippen molar-refractivity contribution in [3.05, 3.63) is 24.3 Å². The fourth-order valence-electron chi connectivity index (χ4n) is 2.10. The number of benzene rings is 1. The third-order valence-corrected chi connectivity index (χ3v) is 4.84. The largest absolute Gasteiger partial charge is 0.497 e. The molecule has 122 valence electrons. The summed E-state index contributed by atoms with van der Waals surface area (Å²) in [4.78, 5) is 13.8. The predicted molar refractivity (Wildman–Crippen MR) is 80.2 cm³/mol. The first-order valence-corrected chi connectivity index (χ1v) is 8.50. The minimum atomic E-state index is -3.61. The standard InChI is InChI=1S/C14H20N2O5S/c1-20-12-2-4-13(5-3-12)22(18,19)15-7-6-14(17)16-8-10-21-11-9-16/h2-5,15H,6-11H2,1H3. The molecule has 1 amide bonds. The first-order valence-electron chi connectivity index (χ1n) is 7.02. The van der Waals surface area contributed by atoms with Gasteiger partial charge in [0.25, 0.3) is 0 Å². The van der Waals surface area contributed by atoms with E-state index in [4.69, 9.17) is 9.47 Å². The molecule has 7 nitrogen and oxygen atoms in total. The summed E-state index contributed by atoms with van der Waals surface area (Å²) in [5, 5.41) is 0. The molecular formula is C14H20N2O5S. The van der Waals surface area contributed by atoms with Gasteiger partial charge in [-0.3, -0.25) is 4.79 Å². The first kappa shape index (κ1) is 16.7. The van der Waals surface area contributed by atoms with E-state index in [1.54, 1.807) is 17.0 Å². The van der Waals surface area contributed by atoms with E-state index >= 15 is 0 Å². The SMILES string of the molecule is COc1ccc(S(=O)(=O)NCCC(=O)N2CCOCC2)cc1. The highest BCUT2D eigenvalue weighted by Gasteiger charge is 2.18. The van der Waals surface area contributed by atoms with Gasteiger partial charge in [-0.1, -0.05) is 0 Å². The van der Waals surface area contributed by atoms with E-state index in [1.807, 2.05) is 0 Å². The van der Waals surface area contributed by atoms with Crippen molar-refractivity contribution in [1.29, 1.82) is 0 Å². The van der Waals surface area contributed by atoms with Crippen LogP contribution in [0.3, 0.4) is 0 Å². The number of nitrogens with zero attached hydrogens (tertiary/aromatic N) is 1. The molecular weight excluding hydrogens is 308 g/mol. The van der Waals surface area contributed by atoms with Gasteiger partial charge >= 0.3 is 0 Å². The summed E-state index contributed by atoms with van der Waals surface area (Å²) in [5.41, 5.74) is 0. The number of carbonyl (C=O) groups excluding carboxylic acids is 1. The summed E-state index contributed by atoms with van der Waals surface area (Å²) < 4.78 is 36.8. The van der Waals surface area contributed by atoms with Crippen LogP contribution in [0.2, 0.25) is 0 Å². The quantitative estimate of drug-likeness (QED) is 0.808. The van der Waals surface area contributed by atoms with Crippen LogP contribution in [0.15, 0.2) is 29.2 Å². The fraction of sp³-hybridized carbons (Fsp3) is 0.500. The zero-order valence-corrected chi connectivity index (χ0v) is 13.3. The molecule has 8 heteroatoms. The van der Waals surface area contributed by atoms with E-state index in [2.05, 4.69) is 4.72 Å². The molecule has 2 rings (SSSR count). The summed E-state index contributed by atoms with van der Waals surface area (Å²) >= 11 is 0. The molecule has 22 heavy (non-hydrogen) atoms. The second kappa shape index (κ2) is 7.57. The van der Waals surface area contributed by atoms with Crippen LogP contribution in [-0.2, 0) is 19.6 Å². The maximum absolute atomic E-state index is 12.1. The number of ether oxygens (including phenoxy) is 2. The Labute approximate surface area is 130 Å². The molecule has 0 spiro atoms. The van der Waals surface area contributed by atoms with E-state index in [-0.39, 0.29) is 23.8 Å². The van der Waals surface area contributed by atoms with Crippen LogP contribution < -0.4 is 9.46 Å². The van der Waals surface area contributed by atoms with Crippen LogP contribution in [0.25, 0.3) is 0 Å². The van der Waals surface area contributed by atoms with Crippen molar-refractivity contribution in [2.24, 2.45) is 0 Å². The van der Waals surface area contributed by atoms with Crippen molar-refractivity contribution >= 4 is 15.9 Å². The topological polar surface area (TPSA) is 84.9 Å². The molecule has 0 unspecified atom stereocenters. The molecule has 1 N–H and O–H groups in total. The van der Waals surface area contributed by atoms with Gasteiger partial charge in [-0.25, -0.2) is 13.1 Å². The van der Waals surface area contributed by atoms with Crippen LogP contribution >= 0.6 is 0 Å². The highest BCUT2D eigenvalue weighted by Crippen LogP contribution is 2.15. The van der Waals surface area contributed by atoms with Gasteiger partial charge in [0, 0.05) is 26.1 Å². The molecule has 0 aromatic heterocycles. The predicted octanol–water partition coefficient (Wildman–Crippen LogP) is 0.222. The van der Waals surface area contributed by atoms with Gasteiger partial charge in [-0.15, -0.1) is 0 Å². The van der Waals surface area contributed by atoms with Crippen LogP contribution in [0, 0.1) is 0 Å². The Morgan fingerprint density at radius 1 is 1.27 bits per heavy atom. The highest BCUT2D eigenvalue weighted by atomic mass is 32.2. The fourth-order valence-corrected chi connectivity index (χ4v) is 3.13. The monoisotopic (exact) mass is 328 g/mol. The number of amides is 1. The lowest BCUT2D eigenvalue weighted by atomic mass is 10.3. The summed E-state index contributed by atoms with van der Waals surface area (Å²) in [6, 6.07) is 6.08. The normalized spacial score (nSPS) is 15.6. The van der Waals surface area contributed by atoms with E-state index in [1.165, 1.54) is 19.2 Å². The molecule has 0 bridgehead atoms. The van der Waals surface area contributed by atoms with Gasteiger partial charge in [0.1, 0.15) is 5.75 Å². The number of methoxy groups -OCH3 is 1. The maximum Gasteiger partial charge on any atom is 0.240 e. The van der Waals surface area contributed by atoms with Crippen molar-refractivity contribution in [3.8, 4) is 5.75 Å². The van der Waals surface area contributed by atoms with Crippen molar-refractivity contribution in [1.82, 2.24) is 9.62 Å². The van der Waals surface area contributed by atoms with E-state index < -0.39 is 10.0 Å². The number of nitrogens with one attached hydrogen (secondary N) is 1. The summed E-state index contributed by atoms with van der Waals surface area (Å²) in [6.45, 7) is 2.26. The van der Waals surface area contributed by atoms with Gasteiger partial charge in [0.15, 0.2) is 0 Å². The van der Waals surface area contributed by atoms with E-state index in [0.717, 1.165) is 0 Å². The highest BCUT2D eigenvalue weighted by molar-refractivity contribution is 7.89. The second-order valence-corrected chi connectivity index (χ2v) is 6.58. The second-order valence-electron chi connectivity index (χ2n) is 4.82. The molecule has 1 aliphatic heterocycles. The van der Waals surface area contributed by atoms with Crippen molar-refractivity contribution in [3.63, 3.8) is 0 Å². The number of hydrogen-bond acceptors (Lipinski definition) is 5. The third-order valence-electron chi connectivity index (χ3n) is 3.36. The summed E-state index contributed by atoms with van der Waals surface area (Å²) in [7, 11) is -2.10. The van der Waals surface area contributed by atoms with Crippen molar-refractivity contribution in [2.75, 3.05) is 40.0 Å². The zero-order chi connectivity index (χ0) is 16.0. The summed E-state index contributed by atoms with van der Waals surface area (Å²) in [6.07, 6.45) is 0.134. The zero-order valence-electron chi connectivity index (χ0n) is 12.4. The Hall–Kier alpha value is -1.64. The Morgan fingerprint density at radius 3 is 2.50 bits per heavy atom. The molecule has 1 heterocycles. The van der Waals surface area contributed by atoms with Crippen LogP contribution in [0.5, 0.6) is 5.75 Å². The van der Waals surface area contributed by atoms with Crippen LogP contribution in [-0.4, -0.2) is 59.2 Å². The third kappa shape index (κ3) is 4.43. The molecule has 1 aromatic carbocycles. The number of morpholine rings is 1. The number of sulfonamides is 1. The minimum absolute atomic E-state index is 0.0688. The smallest absolute Gasteiger partial charge is 0.240 e. The lowest BCUT2D eigenvalue weighted by molar-refractivity contribution is -0.135. The number of rotatable bonds is 6. The van der Waals surface area contributed by atoms with Gasteiger partial charge in [-0.05, 0) is 24.3 Å². The molecule has 0 saturated carbocycles.